The highest BCUT2D eigenvalue weighted by Gasteiger charge is 2.29. The maximum Gasteiger partial charge on any atom is 0.258 e. The lowest BCUT2D eigenvalue weighted by molar-refractivity contribution is -0.120. The second kappa shape index (κ2) is 9.06. The molecule has 1 saturated heterocycles. The highest BCUT2D eigenvalue weighted by molar-refractivity contribution is 6.44. The molecular weight excluding hydrogens is 423 g/mol. The van der Waals surface area contributed by atoms with Crippen molar-refractivity contribution in [1.82, 2.24) is 9.97 Å². The summed E-state index contributed by atoms with van der Waals surface area (Å²) in [6.45, 7) is 3.72. The van der Waals surface area contributed by atoms with Crippen LogP contribution in [-0.2, 0) is 4.79 Å². The molecule has 6 nitrogen and oxygen atoms in total. The molecule has 0 unspecified atom stereocenters. The van der Waals surface area contributed by atoms with Gasteiger partial charge >= 0.3 is 0 Å². The van der Waals surface area contributed by atoms with Crippen LogP contribution in [0.5, 0.6) is 5.88 Å². The highest BCUT2D eigenvalue weighted by atomic mass is 35.5. The van der Waals surface area contributed by atoms with Gasteiger partial charge in [0.15, 0.2) is 5.82 Å². The van der Waals surface area contributed by atoms with Crippen LogP contribution >= 0.6 is 23.2 Å². The van der Waals surface area contributed by atoms with Crippen LogP contribution < -0.4 is 15.0 Å². The van der Waals surface area contributed by atoms with E-state index in [4.69, 9.17) is 32.9 Å². The number of carbonyl (C=O) groups excluding carboxylic acids is 1. The van der Waals surface area contributed by atoms with Crippen molar-refractivity contribution in [2.75, 3.05) is 29.9 Å². The van der Waals surface area contributed by atoms with E-state index >= 15 is 0 Å². The van der Waals surface area contributed by atoms with Crippen LogP contribution in [0.15, 0.2) is 42.5 Å². The molecule has 0 radical (unpaired) electrons. The summed E-state index contributed by atoms with van der Waals surface area (Å²) in [5, 5.41) is 3.67. The van der Waals surface area contributed by atoms with Crippen molar-refractivity contribution in [1.29, 1.82) is 0 Å². The van der Waals surface area contributed by atoms with Crippen LogP contribution in [0.1, 0.15) is 19.8 Å². The van der Waals surface area contributed by atoms with E-state index in [-0.39, 0.29) is 11.8 Å². The first kappa shape index (κ1) is 20.7. The summed E-state index contributed by atoms with van der Waals surface area (Å²) >= 11 is 12.3. The first-order valence-corrected chi connectivity index (χ1v) is 10.7. The van der Waals surface area contributed by atoms with Crippen LogP contribution in [0.2, 0.25) is 10.0 Å². The normalized spacial score (nSPS) is 16.5. The van der Waals surface area contributed by atoms with Crippen molar-refractivity contribution in [3.05, 3.63) is 52.5 Å². The molecule has 8 heteroatoms. The molecule has 1 aliphatic heterocycles. The Labute approximate surface area is 185 Å². The molecule has 1 fully saturated rings. The Balaban J connectivity index is 1.57. The first-order valence-electron chi connectivity index (χ1n) is 9.96. The van der Waals surface area contributed by atoms with E-state index < -0.39 is 0 Å². The van der Waals surface area contributed by atoms with Crippen LogP contribution in [0, 0.1) is 5.92 Å². The molecule has 4 rings (SSSR count). The van der Waals surface area contributed by atoms with Crippen molar-refractivity contribution in [2.24, 2.45) is 5.92 Å². The van der Waals surface area contributed by atoms with Gasteiger partial charge in [0.2, 0.25) is 5.91 Å². The lowest BCUT2D eigenvalue weighted by atomic mass is 9.97. The van der Waals surface area contributed by atoms with Crippen LogP contribution in [0.25, 0.3) is 11.0 Å². The van der Waals surface area contributed by atoms with Crippen molar-refractivity contribution in [3.8, 4) is 5.88 Å². The van der Waals surface area contributed by atoms with E-state index in [2.05, 4.69) is 15.2 Å². The summed E-state index contributed by atoms with van der Waals surface area (Å²) in [4.78, 5) is 24.4. The SMILES string of the molecule is CCOc1nc2ccccc2nc1N1CCC[C@@H](C(=O)Nc2cccc(Cl)c2Cl)C1. The number of anilines is 2. The van der Waals surface area contributed by atoms with Gasteiger partial charge in [0.1, 0.15) is 0 Å². The summed E-state index contributed by atoms with van der Waals surface area (Å²) < 4.78 is 5.77. The van der Waals surface area contributed by atoms with Crippen molar-refractivity contribution < 1.29 is 9.53 Å². The third-order valence-electron chi connectivity index (χ3n) is 5.10. The fourth-order valence-corrected chi connectivity index (χ4v) is 3.98. The number of aromatic nitrogens is 2. The summed E-state index contributed by atoms with van der Waals surface area (Å²) in [5.74, 6) is 0.871. The quantitative estimate of drug-likeness (QED) is 0.586. The maximum absolute atomic E-state index is 12.9. The molecule has 1 aliphatic rings. The molecule has 1 atom stereocenters. The van der Waals surface area contributed by atoms with Crippen molar-refractivity contribution in [2.45, 2.75) is 19.8 Å². The predicted octanol–water partition coefficient (Wildman–Crippen LogP) is 5.19. The standard InChI is InChI=1S/C22H22Cl2N4O2/c1-2-30-22-20(25-16-9-3-4-10-17(16)27-22)28-12-6-7-14(13-28)21(29)26-18-11-5-8-15(23)19(18)24/h3-5,8-11,14H,2,6-7,12-13H2,1H3,(H,26,29)/t14-/m1/s1. The van der Waals surface area contributed by atoms with Crippen LogP contribution in [0.3, 0.4) is 0 Å². The van der Waals surface area contributed by atoms with E-state index in [1.165, 1.54) is 0 Å². The fraction of sp³-hybridized carbons (Fsp3) is 0.318. The molecule has 0 aliphatic carbocycles. The van der Waals surface area contributed by atoms with Gasteiger partial charge in [-0.3, -0.25) is 4.79 Å². The van der Waals surface area contributed by atoms with Crippen LogP contribution in [0.4, 0.5) is 11.5 Å². The number of ether oxygens (including phenoxy) is 1. The molecular formula is C22H22Cl2N4O2. The van der Waals surface area contributed by atoms with Crippen molar-refractivity contribution in [3.63, 3.8) is 0 Å². The number of para-hydroxylation sites is 2. The van der Waals surface area contributed by atoms with Gasteiger partial charge in [-0.2, -0.15) is 0 Å². The maximum atomic E-state index is 12.9. The lowest BCUT2D eigenvalue weighted by Crippen LogP contribution is -2.41. The molecule has 1 N–H and O–H groups in total. The number of nitrogens with zero attached hydrogens (tertiary/aromatic N) is 3. The first-order chi connectivity index (χ1) is 14.6. The van der Waals surface area contributed by atoms with Gasteiger partial charge in [0, 0.05) is 13.1 Å². The second-order valence-corrected chi connectivity index (χ2v) is 7.94. The predicted molar refractivity (Wildman–Crippen MR) is 121 cm³/mol. The summed E-state index contributed by atoms with van der Waals surface area (Å²) in [6, 6.07) is 12.9. The Kier molecular flexibility index (Phi) is 6.25. The summed E-state index contributed by atoms with van der Waals surface area (Å²) in [6.07, 6.45) is 1.65. The fourth-order valence-electron chi connectivity index (χ4n) is 3.63. The molecule has 2 heterocycles. The summed E-state index contributed by atoms with van der Waals surface area (Å²) in [7, 11) is 0. The number of benzene rings is 2. The average molecular weight is 445 g/mol. The van der Waals surface area contributed by atoms with Gasteiger partial charge in [-0.1, -0.05) is 41.4 Å². The third kappa shape index (κ3) is 4.30. The Morgan fingerprint density at radius 2 is 1.93 bits per heavy atom. The Morgan fingerprint density at radius 3 is 2.70 bits per heavy atom. The highest BCUT2D eigenvalue weighted by Crippen LogP contribution is 2.33. The Bertz CT molecular complexity index is 1080. The number of rotatable bonds is 5. The molecule has 1 aromatic heterocycles. The zero-order valence-electron chi connectivity index (χ0n) is 16.6. The van der Waals surface area contributed by atoms with E-state index in [0.717, 1.165) is 30.4 Å². The number of hydrogen-bond acceptors (Lipinski definition) is 5. The second-order valence-electron chi connectivity index (χ2n) is 7.15. The smallest absolute Gasteiger partial charge is 0.258 e. The Hall–Kier alpha value is -2.57. The third-order valence-corrected chi connectivity index (χ3v) is 5.92. The number of nitrogens with one attached hydrogen (secondary N) is 1. The zero-order chi connectivity index (χ0) is 21.1. The number of hydrogen-bond donors (Lipinski definition) is 1. The zero-order valence-corrected chi connectivity index (χ0v) is 18.1. The van der Waals surface area contributed by atoms with Crippen molar-refractivity contribution >= 4 is 51.6 Å². The minimum Gasteiger partial charge on any atom is -0.475 e. The molecule has 30 heavy (non-hydrogen) atoms. The lowest BCUT2D eigenvalue weighted by Gasteiger charge is -2.33. The number of piperidine rings is 1. The number of carbonyl (C=O) groups is 1. The van der Waals surface area contributed by atoms with Gasteiger partial charge in [-0.15, -0.1) is 0 Å². The summed E-state index contributed by atoms with van der Waals surface area (Å²) in [5.41, 5.74) is 2.10. The molecule has 0 bridgehead atoms. The van der Waals surface area contributed by atoms with E-state index in [1.807, 2.05) is 31.2 Å². The Morgan fingerprint density at radius 1 is 1.17 bits per heavy atom. The molecule has 2 aromatic carbocycles. The van der Waals surface area contributed by atoms with Gasteiger partial charge < -0.3 is 15.0 Å². The van der Waals surface area contributed by atoms with Gasteiger partial charge in [-0.05, 0) is 44.0 Å². The van der Waals surface area contributed by atoms with E-state index in [0.29, 0.717) is 40.6 Å². The molecule has 1 amide bonds. The molecule has 3 aromatic rings. The van der Waals surface area contributed by atoms with Gasteiger partial charge in [0.25, 0.3) is 5.88 Å². The van der Waals surface area contributed by atoms with Gasteiger partial charge in [-0.25, -0.2) is 9.97 Å². The number of fused-ring (bicyclic) bond motifs is 1. The molecule has 156 valence electrons. The largest absolute Gasteiger partial charge is 0.475 e. The molecule has 0 saturated carbocycles. The minimum absolute atomic E-state index is 0.0874. The van der Waals surface area contributed by atoms with E-state index in [1.54, 1.807) is 18.2 Å². The van der Waals surface area contributed by atoms with Gasteiger partial charge in [0.05, 0.1) is 39.3 Å². The number of halogens is 2. The molecule has 0 spiro atoms. The minimum atomic E-state index is -0.212. The monoisotopic (exact) mass is 444 g/mol. The number of amides is 1. The average Bonchev–Trinajstić information content (AvgIpc) is 2.77. The topological polar surface area (TPSA) is 67.4 Å². The van der Waals surface area contributed by atoms with Crippen LogP contribution in [-0.4, -0.2) is 35.6 Å². The van der Waals surface area contributed by atoms with E-state index in [9.17, 15) is 4.79 Å².